The third-order valence-electron chi connectivity index (χ3n) is 5.06. The van der Waals surface area contributed by atoms with Gasteiger partial charge in [0.2, 0.25) is 5.91 Å². The van der Waals surface area contributed by atoms with Crippen LogP contribution in [0, 0.1) is 11.2 Å². The van der Waals surface area contributed by atoms with Gasteiger partial charge in [0.05, 0.1) is 17.6 Å². The Morgan fingerprint density at radius 2 is 2.24 bits per heavy atom. The molecule has 0 radical (unpaired) electrons. The van der Waals surface area contributed by atoms with Gasteiger partial charge >= 0.3 is 0 Å². The number of hydrogen-bond donors (Lipinski definition) is 2. The van der Waals surface area contributed by atoms with Crippen molar-refractivity contribution in [2.75, 3.05) is 11.4 Å². The molecule has 114 valence electrons. The van der Waals surface area contributed by atoms with Gasteiger partial charge in [0, 0.05) is 11.7 Å². The molecule has 1 saturated heterocycles. The molecule has 1 aromatic carbocycles. The van der Waals surface area contributed by atoms with Crippen LogP contribution in [0.1, 0.15) is 32.6 Å². The number of halogens is 1. The maximum absolute atomic E-state index is 13.4. The first-order chi connectivity index (χ1) is 9.86. The van der Waals surface area contributed by atoms with Crippen LogP contribution in [0.3, 0.4) is 0 Å². The zero-order valence-corrected chi connectivity index (χ0v) is 12.2. The zero-order valence-electron chi connectivity index (χ0n) is 12.2. The van der Waals surface area contributed by atoms with E-state index in [0.29, 0.717) is 18.5 Å². The first-order valence-electron chi connectivity index (χ1n) is 7.41. The Hall–Kier alpha value is -1.46. The highest BCUT2D eigenvalue weighted by molar-refractivity contribution is 6.01. The van der Waals surface area contributed by atoms with Gasteiger partial charge in [0.1, 0.15) is 5.82 Å². The third-order valence-corrected chi connectivity index (χ3v) is 5.06. The predicted molar refractivity (Wildman–Crippen MR) is 78.3 cm³/mol. The molecule has 3 unspecified atom stereocenters. The van der Waals surface area contributed by atoms with Crippen molar-refractivity contribution in [2.24, 2.45) is 11.1 Å². The lowest BCUT2D eigenvalue weighted by Gasteiger charge is -2.42. The van der Waals surface area contributed by atoms with E-state index in [-0.39, 0.29) is 24.3 Å². The lowest BCUT2D eigenvalue weighted by molar-refractivity contribution is -0.139. The molecule has 1 saturated carbocycles. The average Bonchev–Trinajstić information content (AvgIpc) is 2.60. The quantitative estimate of drug-likeness (QED) is 0.829. The van der Waals surface area contributed by atoms with Gasteiger partial charge in [0.25, 0.3) is 0 Å². The molecule has 2 aliphatic rings. The highest BCUT2D eigenvalue weighted by atomic mass is 19.1. The Morgan fingerprint density at radius 1 is 1.48 bits per heavy atom. The number of amides is 1. The van der Waals surface area contributed by atoms with E-state index in [1.54, 1.807) is 19.1 Å². The van der Waals surface area contributed by atoms with Crippen molar-refractivity contribution < 1.29 is 14.3 Å². The van der Waals surface area contributed by atoms with Crippen molar-refractivity contribution in [3.05, 3.63) is 30.1 Å². The highest BCUT2D eigenvalue weighted by Crippen LogP contribution is 2.51. The maximum atomic E-state index is 13.4. The molecule has 0 aromatic heterocycles. The van der Waals surface area contributed by atoms with Crippen LogP contribution in [-0.4, -0.2) is 29.2 Å². The SMILES string of the molecule is CC1(O)CN(c2cccc(F)c2)C(=O)C12CCCC(N)C2. The van der Waals surface area contributed by atoms with E-state index in [0.717, 1.165) is 12.8 Å². The van der Waals surface area contributed by atoms with Crippen LogP contribution in [0.25, 0.3) is 0 Å². The van der Waals surface area contributed by atoms with E-state index >= 15 is 0 Å². The van der Waals surface area contributed by atoms with Crippen LogP contribution < -0.4 is 10.6 Å². The monoisotopic (exact) mass is 292 g/mol. The molecule has 2 fully saturated rings. The minimum absolute atomic E-state index is 0.0679. The summed E-state index contributed by atoms with van der Waals surface area (Å²) in [6.45, 7) is 1.88. The second-order valence-electron chi connectivity index (χ2n) is 6.58. The van der Waals surface area contributed by atoms with E-state index in [4.69, 9.17) is 5.73 Å². The zero-order chi connectivity index (χ0) is 15.3. The standard InChI is InChI=1S/C16H21FN2O2/c1-15(21)10-19(13-6-2-4-11(17)8-13)14(20)16(15)7-3-5-12(18)9-16/h2,4,6,8,12,21H,3,5,7,9-10,18H2,1H3. The van der Waals surface area contributed by atoms with Crippen molar-refractivity contribution in [1.29, 1.82) is 0 Å². The van der Waals surface area contributed by atoms with E-state index < -0.39 is 11.0 Å². The van der Waals surface area contributed by atoms with Crippen LogP contribution in [0.5, 0.6) is 0 Å². The Balaban J connectivity index is 1.99. The molecule has 1 aliphatic heterocycles. The summed E-state index contributed by atoms with van der Waals surface area (Å²) in [7, 11) is 0. The Labute approximate surface area is 123 Å². The molecule has 4 nitrogen and oxygen atoms in total. The van der Waals surface area contributed by atoms with Crippen LogP contribution in [0.4, 0.5) is 10.1 Å². The summed E-state index contributed by atoms with van der Waals surface area (Å²) in [4.78, 5) is 14.4. The topological polar surface area (TPSA) is 66.6 Å². The molecule has 1 aromatic rings. The van der Waals surface area contributed by atoms with E-state index in [9.17, 15) is 14.3 Å². The summed E-state index contributed by atoms with van der Waals surface area (Å²) in [5, 5.41) is 10.8. The molecular weight excluding hydrogens is 271 g/mol. The number of hydrogen-bond acceptors (Lipinski definition) is 3. The largest absolute Gasteiger partial charge is 0.387 e. The number of anilines is 1. The number of β-amino-alcohol motifs (C(OH)–C–C–N with tert-alkyl or cyclic N) is 1. The molecule has 21 heavy (non-hydrogen) atoms. The second-order valence-corrected chi connectivity index (χ2v) is 6.58. The minimum atomic E-state index is -1.14. The van der Waals surface area contributed by atoms with Crippen molar-refractivity contribution in [3.63, 3.8) is 0 Å². The number of carbonyl (C=O) groups excluding carboxylic acids is 1. The first-order valence-corrected chi connectivity index (χ1v) is 7.41. The fraction of sp³-hybridized carbons (Fsp3) is 0.562. The van der Waals surface area contributed by atoms with Crippen molar-refractivity contribution in [1.82, 2.24) is 0 Å². The number of aliphatic hydroxyl groups is 1. The number of rotatable bonds is 1. The van der Waals surface area contributed by atoms with Gasteiger partial charge in [0.15, 0.2) is 0 Å². The Kier molecular flexibility index (Phi) is 3.30. The summed E-state index contributed by atoms with van der Waals surface area (Å²) in [6, 6.07) is 5.87. The third kappa shape index (κ3) is 2.15. The van der Waals surface area contributed by atoms with E-state index in [1.165, 1.54) is 17.0 Å². The molecule has 1 heterocycles. The lowest BCUT2D eigenvalue weighted by atomic mass is 9.64. The Morgan fingerprint density at radius 3 is 2.90 bits per heavy atom. The summed E-state index contributed by atoms with van der Waals surface area (Å²) < 4.78 is 13.4. The summed E-state index contributed by atoms with van der Waals surface area (Å²) >= 11 is 0. The summed E-state index contributed by atoms with van der Waals surface area (Å²) in [6.07, 6.45) is 2.84. The highest BCUT2D eigenvalue weighted by Gasteiger charge is 2.61. The van der Waals surface area contributed by atoms with E-state index in [1.807, 2.05) is 0 Å². The van der Waals surface area contributed by atoms with Crippen LogP contribution in [-0.2, 0) is 4.79 Å². The van der Waals surface area contributed by atoms with Gasteiger partial charge < -0.3 is 15.7 Å². The number of benzene rings is 1. The molecular formula is C16H21FN2O2. The molecule has 3 N–H and O–H groups in total. The van der Waals surface area contributed by atoms with Gasteiger partial charge in [-0.1, -0.05) is 12.5 Å². The molecule has 1 amide bonds. The maximum Gasteiger partial charge on any atom is 0.236 e. The van der Waals surface area contributed by atoms with Gasteiger partial charge in [-0.25, -0.2) is 4.39 Å². The van der Waals surface area contributed by atoms with Crippen LogP contribution in [0.2, 0.25) is 0 Å². The van der Waals surface area contributed by atoms with Crippen molar-refractivity contribution in [2.45, 2.75) is 44.2 Å². The number of nitrogens with two attached hydrogens (primary N) is 1. The minimum Gasteiger partial charge on any atom is -0.387 e. The fourth-order valence-corrected chi connectivity index (χ4v) is 3.87. The number of nitrogens with zero attached hydrogens (tertiary/aromatic N) is 1. The Bertz CT molecular complexity index is 575. The van der Waals surface area contributed by atoms with Crippen molar-refractivity contribution in [3.8, 4) is 0 Å². The first kappa shape index (κ1) is 14.5. The van der Waals surface area contributed by atoms with Gasteiger partial charge in [-0.15, -0.1) is 0 Å². The average molecular weight is 292 g/mol. The molecule has 1 spiro atoms. The lowest BCUT2D eigenvalue weighted by Crippen LogP contribution is -2.52. The summed E-state index contributed by atoms with van der Waals surface area (Å²) in [5.41, 5.74) is 4.55. The number of carbonyl (C=O) groups is 1. The van der Waals surface area contributed by atoms with Gasteiger partial charge in [-0.3, -0.25) is 4.79 Å². The fourth-order valence-electron chi connectivity index (χ4n) is 3.87. The molecule has 3 rings (SSSR count). The van der Waals surface area contributed by atoms with Crippen molar-refractivity contribution >= 4 is 11.6 Å². The van der Waals surface area contributed by atoms with Crippen LogP contribution in [0.15, 0.2) is 24.3 Å². The van der Waals surface area contributed by atoms with Gasteiger partial charge in [-0.05, 0) is 44.4 Å². The second kappa shape index (κ2) is 4.78. The normalized spacial score (nSPS) is 36.5. The smallest absolute Gasteiger partial charge is 0.236 e. The van der Waals surface area contributed by atoms with E-state index in [2.05, 4.69) is 0 Å². The van der Waals surface area contributed by atoms with Crippen LogP contribution >= 0.6 is 0 Å². The molecule has 0 bridgehead atoms. The predicted octanol–water partition coefficient (Wildman–Crippen LogP) is 1.81. The summed E-state index contributed by atoms with van der Waals surface area (Å²) in [5.74, 6) is -0.519. The molecule has 3 atom stereocenters. The molecule has 1 aliphatic carbocycles. The molecule has 5 heteroatoms. The van der Waals surface area contributed by atoms with Gasteiger partial charge in [-0.2, -0.15) is 0 Å².